The summed E-state index contributed by atoms with van der Waals surface area (Å²) < 4.78 is 10.1. The third-order valence-electron chi connectivity index (χ3n) is 4.82. The maximum atomic E-state index is 12.1. The molecule has 26 heavy (non-hydrogen) atoms. The van der Waals surface area contributed by atoms with E-state index in [-0.39, 0.29) is 17.8 Å². The van der Waals surface area contributed by atoms with Gasteiger partial charge >= 0.3 is 5.97 Å². The molecule has 2 atom stereocenters. The Balaban J connectivity index is 3.75. The van der Waals surface area contributed by atoms with Crippen LogP contribution in [0.5, 0.6) is 0 Å². The molecule has 0 aliphatic rings. The summed E-state index contributed by atoms with van der Waals surface area (Å²) in [6.07, 6.45) is 12.0. The van der Waals surface area contributed by atoms with E-state index in [9.17, 15) is 9.59 Å². The van der Waals surface area contributed by atoms with Crippen molar-refractivity contribution in [2.45, 2.75) is 97.4 Å². The number of hydrogen-bond donors (Lipinski definition) is 1. The zero-order chi connectivity index (χ0) is 19.6. The van der Waals surface area contributed by atoms with Gasteiger partial charge in [-0.3, -0.25) is 4.79 Å². The Morgan fingerprint density at radius 2 is 1.42 bits per heavy atom. The number of nitrogens with one attached hydrogen (secondary N) is 1. The van der Waals surface area contributed by atoms with E-state index in [1.807, 2.05) is 13.8 Å². The summed E-state index contributed by atoms with van der Waals surface area (Å²) in [6.45, 7) is 6.98. The monoisotopic (exact) mass is 371 g/mol. The Bertz CT molecular complexity index is 360. The highest BCUT2D eigenvalue weighted by Gasteiger charge is 2.26. The summed E-state index contributed by atoms with van der Waals surface area (Å²) in [5.41, 5.74) is 0. The van der Waals surface area contributed by atoms with Crippen LogP contribution in [0.2, 0.25) is 0 Å². The molecule has 0 aromatic heterocycles. The Hall–Kier alpha value is -1.10. The lowest BCUT2D eigenvalue weighted by molar-refractivity contribution is -0.149. The first-order valence-electron chi connectivity index (χ1n) is 10.5. The number of carbonyl (C=O) groups is 2. The minimum atomic E-state index is -0.523. The second-order valence-electron chi connectivity index (χ2n) is 7.11. The van der Waals surface area contributed by atoms with Crippen LogP contribution >= 0.6 is 0 Å². The summed E-state index contributed by atoms with van der Waals surface area (Å²) in [6, 6.07) is -0.523. The zero-order valence-corrected chi connectivity index (χ0v) is 17.5. The fraction of sp³-hybridized carbons (Fsp3) is 0.905. The number of hydrogen-bond acceptors (Lipinski definition) is 4. The molecule has 5 heteroatoms. The summed E-state index contributed by atoms with van der Waals surface area (Å²) in [5, 5.41) is 2.86. The van der Waals surface area contributed by atoms with Crippen LogP contribution in [-0.2, 0) is 19.1 Å². The fourth-order valence-corrected chi connectivity index (χ4v) is 2.92. The molecule has 0 unspecified atom stereocenters. The van der Waals surface area contributed by atoms with Crippen molar-refractivity contribution >= 4 is 11.9 Å². The summed E-state index contributed by atoms with van der Waals surface area (Å²) in [5.74, 6) is -0.274. The van der Waals surface area contributed by atoms with E-state index in [4.69, 9.17) is 9.47 Å². The van der Waals surface area contributed by atoms with E-state index in [1.165, 1.54) is 38.5 Å². The predicted octanol–water partition coefficient (Wildman–Crippen LogP) is 4.63. The second kappa shape index (κ2) is 17.3. The van der Waals surface area contributed by atoms with E-state index in [2.05, 4.69) is 5.32 Å². The van der Waals surface area contributed by atoms with Crippen LogP contribution in [0.4, 0.5) is 0 Å². The first-order valence-corrected chi connectivity index (χ1v) is 10.5. The standard InChI is InChI=1S/C21H41NO4/c1-5-18(3)20(21(24)26-6-2)22-19(23)16-14-12-10-8-7-9-11-13-15-17-25-4/h18,20H,5-17H2,1-4H3,(H,22,23)/t18-,20-/m1/s1. The zero-order valence-electron chi connectivity index (χ0n) is 17.5. The van der Waals surface area contributed by atoms with Gasteiger partial charge in [0.15, 0.2) is 0 Å². The summed E-state index contributed by atoms with van der Waals surface area (Å²) in [4.78, 5) is 24.1. The molecule has 0 aromatic carbocycles. The maximum Gasteiger partial charge on any atom is 0.328 e. The lowest BCUT2D eigenvalue weighted by Gasteiger charge is -2.22. The van der Waals surface area contributed by atoms with Gasteiger partial charge in [0.1, 0.15) is 6.04 Å². The number of rotatable bonds is 17. The molecule has 1 amide bonds. The van der Waals surface area contributed by atoms with Gasteiger partial charge in [0, 0.05) is 20.1 Å². The van der Waals surface area contributed by atoms with Crippen molar-refractivity contribution in [3.8, 4) is 0 Å². The van der Waals surface area contributed by atoms with Gasteiger partial charge in [-0.05, 0) is 25.7 Å². The average Bonchev–Trinajstić information content (AvgIpc) is 2.63. The summed E-state index contributed by atoms with van der Waals surface area (Å²) >= 11 is 0. The van der Waals surface area contributed by atoms with Crippen LogP contribution in [0.25, 0.3) is 0 Å². The van der Waals surface area contributed by atoms with Gasteiger partial charge in [0.05, 0.1) is 6.61 Å². The molecule has 0 heterocycles. The van der Waals surface area contributed by atoms with Gasteiger partial charge in [-0.2, -0.15) is 0 Å². The molecule has 0 spiro atoms. The highest BCUT2D eigenvalue weighted by molar-refractivity contribution is 5.84. The number of unbranched alkanes of at least 4 members (excludes halogenated alkanes) is 8. The van der Waals surface area contributed by atoms with E-state index in [1.54, 1.807) is 14.0 Å². The third kappa shape index (κ3) is 13.2. The number of ether oxygens (including phenoxy) is 2. The van der Waals surface area contributed by atoms with Crippen molar-refractivity contribution < 1.29 is 19.1 Å². The van der Waals surface area contributed by atoms with Gasteiger partial charge in [0.2, 0.25) is 5.91 Å². The molecular formula is C21H41NO4. The number of methoxy groups -OCH3 is 1. The minimum absolute atomic E-state index is 0.0403. The third-order valence-corrected chi connectivity index (χ3v) is 4.82. The molecule has 0 saturated heterocycles. The van der Waals surface area contributed by atoms with E-state index in [0.29, 0.717) is 13.0 Å². The van der Waals surface area contributed by atoms with E-state index < -0.39 is 6.04 Å². The first-order chi connectivity index (χ1) is 12.6. The molecule has 0 fully saturated rings. The van der Waals surface area contributed by atoms with Crippen molar-refractivity contribution in [2.75, 3.05) is 20.3 Å². The Labute approximate surface area is 160 Å². The van der Waals surface area contributed by atoms with Crippen molar-refractivity contribution in [2.24, 2.45) is 5.92 Å². The van der Waals surface area contributed by atoms with Crippen LogP contribution in [0.15, 0.2) is 0 Å². The number of amides is 1. The average molecular weight is 372 g/mol. The molecule has 0 saturated carbocycles. The van der Waals surface area contributed by atoms with Gasteiger partial charge in [-0.15, -0.1) is 0 Å². The van der Waals surface area contributed by atoms with Gasteiger partial charge < -0.3 is 14.8 Å². The van der Waals surface area contributed by atoms with Crippen molar-refractivity contribution in [3.63, 3.8) is 0 Å². The molecule has 0 rings (SSSR count). The Morgan fingerprint density at radius 1 is 0.885 bits per heavy atom. The molecular weight excluding hydrogens is 330 g/mol. The largest absolute Gasteiger partial charge is 0.464 e. The SMILES string of the molecule is CCOC(=O)[C@H](NC(=O)CCCCCCCCCCCOC)[C@H](C)CC. The van der Waals surface area contributed by atoms with Crippen LogP contribution in [0.1, 0.15) is 91.4 Å². The molecule has 154 valence electrons. The van der Waals surface area contributed by atoms with Crippen LogP contribution < -0.4 is 5.32 Å². The molecule has 1 N–H and O–H groups in total. The van der Waals surface area contributed by atoms with E-state index >= 15 is 0 Å². The molecule has 5 nitrogen and oxygen atoms in total. The van der Waals surface area contributed by atoms with Gasteiger partial charge in [-0.25, -0.2) is 4.79 Å². The molecule has 0 aliphatic carbocycles. The summed E-state index contributed by atoms with van der Waals surface area (Å²) in [7, 11) is 1.75. The van der Waals surface area contributed by atoms with Crippen molar-refractivity contribution in [3.05, 3.63) is 0 Å². The number of esters is 1. The normalized spacial score (nSPS) is 13.2. The highest BCUT2D eigenvalue weighted by Crippen LogP contribution is 2.12. The Kier molecular flexibility index (Phi) is 16.6. The maximum absolute atomic E-state index is 12.1. The second-order valence-corrected chi connectivity index (χ2v) is 7.11. The number of carbonyl (C=O) groups excluding carboxylic acids is 2. The molecule has 0 radical (unpaired) electrons. The van der Waals surface area contributed by atoms with Gasteiger partial charge in [0.25, 0.3) is 0 Å². The topological polar surface area (TPSA) is 64.6 Å². The fourth-order valence-electron chi connectivity index (χ4n) is 2.92. The molecule has 0 aliphatic heterocycles. The highest BCUT2D eigenvalue weighted by atomic mass is 16.5. The van der Waals surface area contributed by atoms with Crippen molar-refractivity contribution in [1.82, 2.24) is 5.32 Å². The first kappa shape index (κ1) is 24.9. The van der Waals surface area contributed by atoms with Gasteiger partial charge in [-0.1, -0.05) is 65.2 Å². The molecule has 0 bridgehead atoms. The lowest BCUT2D eigenvalue weighted by Crippen LogP contribution is -2.45. The van der Waals surface area contributed by atoms with Crippen molar-refractivity contribution in [1.29, 1.82) is 0 Å². The van der Waals surface area contributed by atoms with Crippen LogP contribution in [0.3, 0.4) is 0 Å². The molecule has 0 aromatic rings. The van der Waals surface area contributed by atoms with Crippen LogP contribution in [0, 0.1) is 5.92 Å². The van der Waals surface area contributed by atoms with Crippen LogP contribution in [-0.4, -0.2) is 38.2 Å². The smallest absolute Gasteiger partial charge is 0.328 e. The quantitative estimate of drug-likeness (QED) is 0.299. The van der Waals surface area contributed by atoms with E-state index in [0.717, 1.165) is 32.3 Å². The predicted molar refractivity (Wildman–Crippen MR) is 106 cm³/mol. The Morgan fingerprint density at radius 3 is 1.92 bits per heavy atom. The lowest BCUT2D eigenvalue weighted by atomic mass is 9.99. The minimum Gasteiger partial charge on any atom is -0.464 e.